The van der Waals surface area contributed by atoms with Crippen LogP contribution in [0.2, 0.25) is 5.02 Å². The molecule has 1 aromatic rings. The average Bonchev–Trinajstić information content (AvgIpc) is 2.04. The molecule has 0 aromatic heterocycles. The van der Waals surface area contributed by atoms with E-state index in [0.29, 0.717) is 10.8 Å². The molecule has 1 rings (SSSR count). The Kier molecular flexibility index (Phi) is 3.01. The van der Waals surface area contributed by atoms with Crippen molar-refractivity contribution in [1.29, 1.82) is 0 Å². The molecule has 0 bridgehead atoms. The van der Waals surface area contributed by atoms with Crippen LogP contribution in [-0.4, -0.2) is 6.61 Å². The quantitative estimate of drug-likeness (QED) is 0.636. The van der Waals surface area contributed by atoms with Crippen LogP contribution in [0.15, 0.2) is 18.2 Å². The highest BCUT2D eigenvalue weighted by atomic mass is 35.5. The highest BCUT2D eigenvalue weighted by Crippen LogP contribution is 2.27. The van der Waals surface area contributed by atoms with Gasteiger partial charge in [-0.3, -0.25) is 0 Å². The van der Waals surface area contributed by atoms with Gasteiger partial charge >= 0.3 is 0 Å². The summed E-state index contributed by atoms with van der Waals surface area (Å²) in [7, 11) is 0. The molecule has 62 valence electrons. The van der Waals surface area contributed by atoms with Crippen LogP contribution in [0.25, 0.3) is 0 Å². The maximum atomic E-state index is 5.87. The molecule has 0 unspecified atom stereocenters. The van der Waals surface area contributed by atoms with Crippen molar-refractivity contribution in [3.05, 3.63) is 28.8 Å². The summed E-state index contributed by atoms with van der Waals surface area (Å²) >= 11 is 5.87. The van der Waals surface area contributed by atoms with Crippen LogP contribution in [0.4, 0.5) is 0 Å². The van der Waals surface area contributed by atoms with Crippen LogP contribution in [0.1, 0.15) is 5.56 Å². The second-order valence-electron chi connectivity index (χ2n) is 2.38. The van der Waals surface area contributed by atoms with E-state index >= 15 is 0 Å². The zero-order valence-electron chi connectivity index (χ0n) is 6.80. The third-order valence-corrected chi connectivity index (χ3v) is 1.76. The molecule has 0 saturated carbocycles. The van der Waals surface area contributed by atoms with Gasteiger partial charge in [-0.2, -0.15) is 0 Å². The van der Waals surface area contributed by atoms with E-state index in [-0.39, 0.29) is 6.61 Å². The smallest absolute Gasteiger partial charge is 0.148 e. The molecule has 0 aliphatic rings. The molecule has 0 spiro atoms. The van der Waals surface area contributed by atoms with Gasteiger partial charge in [0, 0.05) is 0 Å². The number of hydrogen-bond donors (Lipinski definition) is 0. The van der Waals surface area contributed by atoms with E-state index in [4.69, 9.17) is 22.8 Å². The molecule has 2 heteroatoms. The van der Waals surface area contributed by atoms with Crippen LogP contribution in [0.3, 0.4) is 0 Å². The van der Waals surface area contributed by atoms with Gasteiger partial charge in [-0.15, -0.1) is 6.42 Å². The van der Waals surface area contributed by atoms with Crippen LogP contribution in [-0.2, 0) is 0 Å². The molecular formula is C10H9ClO. The monoisotopic (exact) mass is 180 g/mol. The fourth-order valence-corrected chi connectivity index (χ4v) is 1.19. The number of terminal acetylenes is 1. The third kappa shape index (κ3) is 1.93. The summed E-state index contributed by atoms with van der Waals surface area (Å²) in [6.07, 6.45) is 5.06. The molecule has 0 heterocycles. The predicted molar refractivity (Wildman–Crippen MR) is 50.5 cm³/mol. The van der Waals surface area contributed by atoms with E-state index < -0.39 is 0 Å². The zero-order chi connectivity index (χ0) is 8.97. The Balaban J connectivity index is 2.90. The predicted octanol–water partition coefficient (Wildman–Crippen LogP) is 2.66. The Morgan fingerprint density at radius 2 is 2.33 bits per heavy atom. The van der Waals surface area contributed by atoms with Crippen LogP contribution < -0.4 is 4.74 Å². The summed E-state index contributed by atoms with van der Waals surface area (Å²) in [5.41, 5.74) is 0.998. The van der Waals surface area contributed by atoms with Gasteiger partial charge < -0.3 is 4.74 Å². The molecule has 0 radical (unpaired) electrons. The van der Waals surface area contributed by atoms with Crippen molar-refractivity contribution >= 4 is 11.6 Å². The lowest BCUT2D eigenvalue weighted by molar-refractivity contribution is 0.368. The molecule has 1 aromatic carbocycles. The normalized spacial score (nSPS) is 9.08. The molecule has 0 amide bonds. The van der Waals surface area contributed by atoms with Gasteiger partial charge in [-0.1, -0.05) is 29.7 Å². The molecule has 0 N–H and O–H groups in total. The van der Waals surface area contributed by atoms with E-state index in [1.165, 1.54) is 0 Å². The minimum atomic E-state index is 0.255. The van der Waals surface area contributed by atoms with Crippen molar-refractivity contribution in [3.8, 4) is 18.1 Å². The molecule has 0 fully saturated rings. The summed E-state index contributed by atoms with van der Waals surface area (Å²) in [5, 5.41) is 0.602. The maximum absolute atomic E-state index is 5.87. The number of halogens is 1. The number of ether oxygens (including phenoxy) is 1. The number of hydrogen-bond acceptors (Lipinski definition) is 1. The Labute approximate surface area is 77.3 Å². The van der Waals surface area contributed by atoms with E-state index in [9.17, 15) is 0 Å². The first-order valence-electron chi connectivity index (χ1n) is 3.57. The minimum absolute atomic E-state index is 0.255. The first-order chi connectivity index (χ1) is 5.75. The zero-order valence-corrected chi connectivity index (χ0v) is 7.56. The van der Waals surface area contributed by atoms with Crippen molar-refractivity contribution in [2.75, 3.05) is 6.61 Å². The van der Waals surface area contributed by atoms with Gasteiger partial charge in [0.15, 0.2) is 0 Å². The Hall–Kier alpha value is -1.13. The van der Waals surface area contributed by atoms with Crippen LogP contribution >= 0.6 is 11.6 Å². The highest BCUT2D eigenvalue weighted by Gasteiger charge is 2.02. The standard InChI is InChI=1S/C10H9ClO/c1-3-7-12-10-8(2)5-4-6-9(10)11/h1,4-6H,7H2,2H3. The van der Waals surface area contributed by atoms with Crippen LogP contribution in [0, 0.1) is 19.3 Å². The minimum Gasteiger partial charge on any atom is -0.479 e. The molecular weight excluding hydrogens is 172 g/mol. The number of benzene rings is 1. The first kappa shape index (κ1) is 8.96. The van der Waals surface area contributed by atoms with Gasteiger partial charge in [0.05, 0.1) is 5.02 Å². The lowest BCUT2D eigenvalue weighted by Crippen LogP contribution is -1.95. The Morgan fingerprint density at radius 1 is 1.58 bits per heavy atom. The summed E-state index contributed by atoms with van der Waals surface area (Å²) in [6.45, 7) is 2.18. The molecule has 0 saturated heterocycles. The molecule has 0 aliphatic heterocycles. The lowest BCUT2D eigenvalue weighted by Gasteiger charge is -2.07. The van der Waals surface area contributed by atoms with Crippen molar-refractivity contribution in [2.24, 2.45) is 0 Å². The van der Waals surface area contributed by atoms with Gasteiger partial charge in [0.2, 0.25) is 0 Å². The Bertz CT molecular complexity index is 292. The SMILES string of the molecule is C#CCOc1c(C)cccc1Cl. The van der Waals surface area contributed by atoms with Gasteiger partial charge in [-0.25, -0.2) is 0 Å². The first-order valence-corrected chi connectivity index (χ1v) is 3.95. The largest absolute Gasteiger partial charge is 0.479 e. The van der Waals surface area contributed by atoms with Crippen molar-refractivity contribution in [2.45, 2.75) is 6.92 Å². The molecule has 12 heavy (non-hydrogen) atoms. The third-order valence-electron chi connectivity index (χ3n) is 1.46. The van der Waals surface area contributed by atoms with E-state index in [1.807, 2.05) is 19.1 Å². The second kappa shape index (κ2) is 4.04. The second-order valence-corrected chi connectivity index (χ2v) is 2.79. The van der Waals surface area contributed by atoms with Crippen molar-refractivity contribution < 1.29 is 4.74 Å². The van der Waals surface area contributed by atoms with Gasteiger partial charge in [0.25, 0.3) is 0 Å². The van der Waals surface area contributed by atoms with Gasteiger partial charge in [-0.05, 0) is 18.6 Å². The van der Waals surface area contributed by atoms with Gasteiger partial charge in [0.1, 0.15) is 12.4 Å². The number of aryl methyl sites for hydroxylation is 1. The summed E-state index contributed by atoms with van der Waals surface area (Å²) in [4.78, 5) is 0. The van der Waals surface area contributed by atoms with Crippen molar-refractivity contribution in [1.82, 2.24) is 0 Å². The lowest BCUT2D eigenvalue weighted by atomic mass is 10.2. The summed E-state index contributed by atoms with van der Waals surface area (Å²) in [6, 6.07) is 5.58. The van der Waals surface area contributed by atoms with E-state index in [0.717, 1.165) is 5.56 Å². The fourth-order valence-electron chi connectivity index (χ4n) is 0.913. The highest BCUT2D eigenvalue weighted by molar-refractivity contribution is 6.32. The topological polar surface area (TPSA) is 9.23 Å². The number of para-hydroxylation sites is 1. The Morgan fingerprint density at radius 3 is 2.92 bits per heavy atom. The number of rotatable bonds is 2. The van der Waals surface area contributed by atoms with E-state index in [1.54, 1.807) is 6.07 Å². The summed E-state index contributed by atoms with van der Waals surface area (Å²) < 4.78 is 5.25. The average molecular weight is 181 g/mol. The van der Waals surface area contributed by atoms with E-state index in [2.05, 4.69) is 5.92 Å². The van der Waals surface area contributed by atoms with Crippen LogP contribution in [0.5, 0.6) is 5.75 Å². The fraction of sp³-hybridized carbons (Fsp3) is 0.200. The molecule has 0 atom stereocenters. The van der Waals surface area contributed by atoms with Crippen molar-refractivity contribution in [3.63, 3.8) is 0 Å². The molecule has 1 nitrogen and oxygen atoms in total. The summed E-state index contributed by atoms with van der Waals surface area (Å²) in [5.74, 6) is 3.07. The maximum Gasteiger partial charge on any atom is 0.148 e. The molecule has 0 aliphatic carbocycles.